The summed E-state index contributed by atoms with van der Waals surface area (Å²) in [6.07, 6.45) is 7.00. The average Bonchev–Trinajstić information content (AvgIpc) is 3.76. The Morgan fingerprint density at radius 2 is 1.76 bits per heavy atom. The van der Waals surface area contributed by atoms with Crippen molar-refractivity contribution in [2.75, 3.05) is 36.9 Å². The third kappa shape index (κ3) is 6.33. The lowest BCUT2D eigenvalue weighted by Crippen LogP contribution is -2.54. The summed E-state index contributed by atoms with van der Waals surface area (Å²) in [6, 6.07) is 15.5. The van der Waals surface area contributed by atoms with E-state index in [4.69, 9.17) is 15.5 Å². The number of nitrogens with one attached hydrogen (secondary N) is 2. The van der Waals surface area contributed by atoms with Crippen molar-refractivity contribution in [2.24, 2.45) is 5.73 Å². The molecule has 3 aromatic rings. The minimum absolute atomic E-state index is 0.0268. The highest BCUT2D eigenvalue weighted by Crippen LogP contribution is 2.40. The SMILES string of the molecule is C[C@@H]1[C@H](NC(=O)c2ccc(C3CC3)cc2)CCCN1c1cnc(C(N)=O)c(Nc2ccc(OC3CCN(C)C3)cc2)n1. The van der Waals surface area contributed by atoms with E-state index in [1.165, 1.54) is 18.4 Å². The standard InChI is InChI=1S/C32H39N7O3/c1-20-27(36-32(41)23-9-7-22(8-10-23)21-5-6-21)4-3-16-39(20)28-18-34-29(30(33)40)31(37-28)35-24-11-13-25(14-12-24)42-26-15-17-38(2)19-26/h7-14,18,20-21,26-27H,3-6,15-17,19H2,1-2H3,(H2,33,40)(H,35,37)(H,36,41)/t20-,26?,27-/m1/s1. The molecule has 0 bridgehead atoms. The van der Waals surface area contributed by atoms with Crippen molar-refractivity contribution in [3.05, 3.63) is 71.5 Å². The maximum Gasteiger partial charge on any atom is 0.271 e. The molecule has 220 valence electrons. The number of anilines is 3. The van der Waals surface area contributed by atoms with Gasteiger partial charge in [0.05, 0.1) is 6.20 Å². The number of likely N-dealkylation sites (tertiary alicyclic amines) is 1. The number of rotatable bonds is 9. The largest absolute Gasteiger partial charge is 0.489 e. The monoisotopic (exact) mass is 569 g/mol. The van der Waals surface area contributed by atoms with Crippen LogP contribution in [0.5, 0.6) is 5.75 Å². The molecule has 1 unspecified atom stereocenters. The Hall–Kier alpha value is -4.18. The molecule has 2 aromatic carbocycles. The second kappa shape index (κ2) is 12.0. The fraction of sp³-hybridized carbons (Fsp3) is 0.438. The van der Waals surface area contributed by atoms with Crippen LogP contribution in [-0.2, 0) is 0 Å². The highest BCUT2D eigenvalue weighted by molar-refractivity contribution is 5.96. The molecule has 6 rings (SSSR count). The van der Waals surface area contributed by atoms with Gasteiger partial charge >= 0.3 is 0 Å². The average molecular weight is 570 g/mol. The van der Waals surface area contributed by atoms with Crippen LogP contribution in [0, 0.1) is 0 Å². The number of piperidine rings is 1. The smallest absolute Gasteiger partial charge is 0.271 e. The summed E-state index contributed by atoms with van der Waals surface area (Å²) in [7, 11) is 2.09. The van der Waals surface area contributed by atoms with Crippen LogP contribution in [0.4, 0.5) is 17.3 Å². The Morgan fingerprint density at radius 3 is 2.43 bits per heavy atom. The molecule has 3 atom stereocenters. The molecule has 1 saturated carbocycles. The number of nitrogens with two attached hydrogens (primary N) is 1. The zero-order valence-electron chi connectivity index (χ0n) is 24.3. The molecule has 10 nitrogen and oxygen atoms in total. The topological polar surface area (TPSA) is 126 Å². The van der Waals surface area contributed by atoms with E-state index in [9.17, 15) is 9.59 Å². The lowest BCUT2D eigenvalue weighted by molar-refractivity contribution is 0.0923. The van der Waals surface area contributed by atoms with E-state index in [0.717, 1.165) is 50.3 Å². The molecule has 2 saturated heterocycles. The van der Waals surface area contributed by atoms with E-state index in [0.29, 0.717) is 23.1 Å². The Labute approximate surface area is 246 Å². The summed E-state index contributed by atoms with van der Waals surface area (Å²) >= 11 is 0. The van der Waals surface area contributed by atoms with Crippen LogP contribution < -0.4 is 26.0 Å². The van der Waals surface area contributed by atoms with E-state index in [1.54, 1.807) is 6.20 Å². The Morgan fingerprint density at radius 1 is 1.00 bits per heavy atom. The third-order valence-corrected chi connectivity index (χ3v) is 8.58. The van der Waals surface area contributed by atoms with E-state index >= 15 is 0 Å². The van der Waals surface area contributed by atoms with Gasteiger partial charge in [-0.25, -0.2) is 9.97 Å². The van der Waals surface area contributed by atoms with Crippen LogP contribution in [0.25, 0.3) is 0 Å². The van der Waals surface area contributed by atoms with Gasteiger partial charge in [-0.05, 0) is 94.0 Å². The zero-order chi connectivity index (χ0) is 29.2. The molecule has 0 radical (unpaired) electrons. The summed E-state index contributed by atoms with van der Waals surface area (Å²) in [4.78, 5) is 38.8. The molecule has 2 aliphatic heterocycles. The lowest BCUT2D eigenvalue weighted by atomic mass is 9.97. The van der Waals surface area contributed by atoms with Crippen LogP contribution in [0.15, 0.2) is 54.7 Å². The fourth-order valence-electron chi connectivity index (χ4n) is 5.96. The summed E-state index contributed by atoms with van der Waals surface area (Å²) in [5.41, 5.74) is 8.44. The molecule has 10 heteroatoms. The van der Waals surface area contributed by atoms with Crippen molar-refractivity contribution < 1.29 is 14.3 Å². The first-order valence-electron chi connectivity index (χ1n) is 14.9. The first kappa shape index (κ1) is 28.0. The van der Waals surface area contributed by atoms with Gasteiger partial charge in [0.1, 0.15) is 17.7 Å². The number of ether oxygens (including phenoxy) is 1. The van der Waals surface area contributed by atoms with Gasteiger partial charge in [-0.1, -0.05) is 12.1 Å². The van der Waals surface area contributed by atoms with Crippen molar-refractivity contribution in [3.63, 3.8) is 0 Å². The van der Waals surface area contributed by atoms with Crippen molar-refractivity contribution in [2.45, 2.75) is 63.1 Å². The minimum atomic E-state index is -0.661. The molecule has 1 aliphatic carbocycles. The molecular weight excluding hydrogens is 530 g/mol. The van der Waals surface area contributed by atoms with Crippen LogP contribution >= 0.6 is 0 Å². The number of hydrogen-bond donors (Lipinski definition) is 3. The predicted molar refractivity (Wildman–Crippen MR) is 163 cm³/mol. The summed E-state index contributed by atoms with van der Waals surface area (Å²) < 4.78 is 6.10. The number of carbonyl (C=O) groups excluding carboxylic acids is 2. The molecule has 2 amide bonds. The number of hydrogen-bond acceptors (Lipinski definition) is 8. The van der Waals surface area contributed by atoms with Gasteiger partial charge in [-0.3, -0.25) is 9.59 Å². The second-order valence-corrected chi connectivity index (χ2v) is 11.8. The number of amides is 2. The Kier molecular flexibility index (Phi) is 7.97. The van der Waals surface area contributed by atoms with Crippen LogP contribution in [0.2, 0.25) is 0 Å². The maximum absolute atomic E-state index is 13.1. The Bertz CT molecular complexity index is 1430. The normalized spacial score (nSPS) is 22.5. The Balaban J connectivity index is 1.14. The minimum Gasteiger partial charge on any atom is -0.489 e. The van der Waals surface area contributed by atoms with Gasteiger partial charge < -0.3 is 30.9 Å². The van der Waals surface area contributed by atoms with Crippen molar-refractivity contribution in [3.8, 4) is 5.75 Å². The highest BCUT2D eigenvalue weighted by Gasteiger charge is 2.31. The first-order chi connectivity index (χ1) is 20.3. The summed E-state index contributed by atoms with van der Waals surface area (Å²) in [5, 5.41) is 6.46. The number of benzene rings is 2. The molecule has 0 spiro atoms. The van der Waals surface area contributed by atoms with Crippen molar-refractivity contribution in [1.82, 2.24) is 20.2 Å². The van der Waals surface area contributed by atoms with Gasteiger partial charge in [0.2, 0.25) is 0 Å². The molecule has 3 heterocycles. The number of carbonyl (C=O) groups is 2. The first-order valence-corrected chi connectivity index (χ1v) is 14.9. The highest BCUT2D eigenvalue weighted by atomic mass is 16.5. The van der Waals surface area contributed by atoms with Gasteiger partial charge in [0.25, 0.3) is 11.8 Å². The maximum atomic E-state index is 13.1. The molecule has 42 heavy (non-hydrogen) atoms. The van der Waals surface area contributed by atoms with Crippen LogP contribution in [0.1, 0.15) is 71.4 Å². The van der Waals surface area contributed by atoms with E-state index in [-0.39, 0.29) is 29.8 Å². The van der Waals surface area contributed by atoms with E-state index < -0.39 is 5.91 Å². The van der Waals surface area contributed by atoms with Crippen molar-refractivity contribution in [1.29, 1.82) is 0 Å². The second-order valence-electron chi connectivity index (χ2n) is 11.8. The molecule has 1 aromatic heterocycles. The molecule has 3 aliphatic rings. The van der Waals surface area contributed by atoms with Gasteiger partial charge in [-0.15, -0.1) is 0 Å². The van der Waals surface area contributed by atoms with Gasteiger partial charge in [-0.2, -0.15) is 0 Å². The van der Waals surface area contributed by atoms with Crippen molar-refractivity contribution >= 4 is 29.1 Å². The number of likely N-dealkylation sites (N-methyl/N-ethyl adjacent to an activating group) is 1. The lowest BCUT2D eigenvalue weighted by Gasteiger charge is -2.40. The molecular formula is C32H39N7O3. The van der Waals surface area contributed by atoms with Crippen LogP contribution in [0.3, 0.4) is 0 Å². The van der Waals surface area contributed by atoms with E-state index in [1.807, 2.05) is 36.4 Å². The number of nitrogens with zero attached hydrogens (tertiary/aromatic N) is 4. The zero-order valence-corrected chi connectivity index (χ0v) is 24.3. The predicted octanol–water partition coefficient (Wildman–Crippen LogP) is 4.07. The van der Waals surface area contributed by atoms with E-state index in [2.05, 4.69) is 51.5 Å². The fourth-order valence-corrected chi connectivity index (χ4v) is 5.96. The summed E-state index contributed by atoms with van der Waals surface area (Å²) in [6.45, 7) is 4.79. The van der Waals surface area contributed by atoms with Crippen LogP contribution in [-0.4, -0.2) is 71.6 Å². The quantitative estimate of drug-likeness (QED) is 0.352. The summed E-state index contributed by atoms with van der Waals surface area (Å²) in [5.74, 6) is 1.64. The molecule has 4 N–H and O–H groups in total. The molecule has 3 fully saturated rings. The third-order valence-electron chi connectivity index (χ3n) is 8.58. The number of primary amides is 1. The van der Waals surface area contributed by atoms with Gasteiger partial charge in [0, 0.05) is 43.0 Å². The number of aromatic nitrogens is 2. The van der Waals surface area contributed by atoms with Gasteiger partial charge in [0.15, 0.2) is 11.5 Å².